The van der Waals surface area contributed by atoms with Crippen molar-refractivity contribution in [3.8, 4) is 23.1 Å². The number of benzene rings is 2. The molecule has 7 heteroatoms. The van der Waals surface area contributed by atoms with Crippen LogP contribution in [0.25, 0.3) is 23.2 Å². The van der Waals surface area contributed by atoms with Gasteiger partial charge in [-0.15, -0.1) is 5.10 Å². The molecule has 0 aliphatic heterocycles. The largest absolute Gasteiger partial charge is 0.465 e. The second kappa shape index (κ2) is 7.64. The van der Waals surface area contributed by atoms with Crippen LogP contribution in [0.3, 0.4) is 0 Å². The van der Waals surface area contributed by atoms with E-state index in [1.165, 1.54) is 13.2 Å². The molecule has 6 nitrogen and oxygen atoms in total. The summed E-state index contributed by atoms with van der Waals surface area (Å²) >= 11 is 5.93. The molecule has 0 N–H and O–H groups in total. The Hall–Kier alpha value is -3.43. The van der Waals surface area contributed by atoms with Crippen LogP contribution in [0.2, 0.25) is 5.02 Å². The van der Waals surface area contributed by atoms with E-state index in [1.807, 2.05) is 36.4 Å². The maximum absolute atomic E-state index is 11.7. The fourth-order valence-corrected chi connectivity index (χ4v) is 2.40. The first-order chi connectivity index (χ1) is 12.6. The molecule has 0 aliphatic rings. The number of carbonyl (C=O) groups excluding carboxylic acids is 1. The van der Waals surface area contributed by atoms with Crippen molar-refractivity contribution in [2.75, 3.05) is 7.11 Å². The molecule has 0 saturated heterocycles. The number of hydrogen-bond donors (Lipinski definition) is 0. The van der Waals surface area contributed by atoms with Gasteiger partial charge in [0.05, 0.1) is 12.8 Å². The summed E-state index contributed by atoms with van der Waals surface area (Å²) in [6.45, 7) is 0. The monoisotopic (exact) mass is 364 g/mol. The van der Waals surface area contributed by atoms with E-state index < -0.39 is 5.97 Å². The number of esters is 1. The van der Waals surface area contributed by atoms with Crippen LogP contribution in [0.4, 0.5) is 0 Å². The molecule has 0 aliphatic carbocycles. The minimum Gasteiger partial charge on any atom is -0.465 e. The lowest BCUT2D eigenvalue weighted by Crippen LogP contribution is -2.05. The van der Waals surface area contributed by atoms with E-state index in [4.69, 9.17) is 11.6 Å². The highest BCUT2D eigenvalue weighted by Crippen LogP contribution is 2.21. The Bertz CT molecular complexity index is 1000. The van der Waals surface area contributed by atoms with Gasteiger partial charge in [0.15, 0.2) is 11.6 Å². The summed E-state index contributed by atoms with van der Waals surface area (Å²) in [6.07, 6.45) is 1.35. The van der Waals surface area contributed by atoms with Gasteiger partial charge < -0.3 is 4.74 Å². The van der Waals surface area contributed by atoms with Gasteiger partial charge in [-0.2, -0.15) is 5.26 Å². The molecule has 128 valence electrons. The SMILES string of the molecule is COC(=O)C(C#N)=Cc1nc(-c2ccc(Cl)cc2)nn1-c1ccccc1. The predicted octanol–water partition coefficient (Wildman–Crippen LogP) is 3.67. The van der Waals surface area contributed by atoms with Crippen molar-refractivity contribution in [1.29, 1.82) is 5.26 Å². The van der Waals surface area contributed by atoms with Gasteiger partial charge in [0.2, 0.25) is 0 Å². The number of ether oxygens (including phenoxy) is 1. The summed E-state index contributed by atoms with van der Waals surface area (Å²) in [5, 5.41) is 14.3. The number of nitrogens with zero attached hydrogens (tertiary/aromatic N) is 4. The third-order valence-corrected chi connectivity index (χ3v) is 3.79. The Morgan fingerprint density at radius 3 is 2.50 bits per heavy atom. The average molecular weight is 365 g/mol. The zero-order valence-corrected chi connectivity index (χ0v) is 14.5. The average Bonchev–Trinajstić information content (AvgIpc) is 3.10. The predicted molar refractivity (Wildman–Crippen MR) is 97.4 cm³/mol. The van der Waals surface area contributed by atoms with E-state index in [9.17, 15) is 10.1 Å². The van der Waals surface area contributed by atoms with Gasteiger partial charge in [-0.1, -0.05) is 29.8 Å². The first-order valence-electron chi connectivity index (χ1n) is 7.61. The van der Waals surface area contributed by atoms with Crippen molar-refractivity contribution in [1.82, 2.24) is 14.8 Å². The topological polar surface area (TPSA) is 80.8 Å². The van der Waals surface area contributed by atoms with Crippen LogP contribution >= 0.6 is 11.6 Å². The van der Waals surface area contributed by atoms with Crippen molar-refractivity contribution >= 4 is 23.6 Å². The molecule has 0 bridgehead atoms. The van der Waals surface area contributed by atoms with Crippen LogP contribution in [0, 0.1) is 11.3 Å². The molecule has 2 aromatic carbocycles. The van der Waals surface area contributed by atoms with E-state index in [-0.39, 0.29) is 5.57 Å². The summed E-state index contributed by atoms with van der Waals surface area (Å²) in [4.78, 5) is 16.2. The van der Waals surface area contributed by atoms with Crippen LogP contribution < -0.4 is 0 Å². The molecule has 0 radical (unpaired) electrons. The second-order valence-corrected chi connectivity index (χ2v) is 5.65. The van der Waals surface area contributed by atoms with Crippen LogP contribution in [0.1, 0.15) is 5.82 Å². The Morgan fingerprint density at radius 1 is 1.19 bits per heavy atom. The van der Waals surface area contributed by atoms with Gasteiger partial charge >= 0.3 is 5.97 Å². The molecule has 3 aromatic rings. The first-order valence-corrected chi connectivity index (χ1v) is 7.98. The number of rotatable bonds is 4. The van der Waals surface area contributed by atoms with Crippen LogP contribution in [0.5, 0.6) is 0 Å². The summed E-state index contributed by atoms with van der Waals surface area (Å²) in [6, 6.07) is 18.2. The van der Waals surface area contributed by atoms with Crippen molar-refractivity contribution in [3.63, 3.8) is 0 Å². The fraction of sp³-hybridized carbons (Fsp3) is 0.0526. The fourth-order valence-electron chi connectivity index (χ4n) is 2.27. The molecule has 1 heterocycles. The highest BCUT2D eigenvalue weighted by atomic mass is 35.5. The van der Waals surface area contributed by atoms with Crippen molar-refractivity contribution in [2.45, 2.75) is 0 Å². The summed E-state index contributed by atoms with van der Waals surface area (Å²) in [5.41, 5.74) is 1.34. The Balaban J connectivity index is 2.15. The molecule has 0 saturated carbocycles. The van der Waals surface area contributed by atoms with Gasteiger partial charge in [0, 0.05) is 16.7 Å². The maximum atomic E-state index is 11.7. The third-order valence-electron chi connectivity index (χ3n) is 3.53. The van der Waals surface area contributed by atoms with E-state index in [1.54, 1.807) is 28.9 Å². The number of nitriles is 1. The number of aromatic nitrogens is 3. The summed E-state index contributed by atoms with van der Waals surface area (Å²) in [7, 11) is 1.22. The number of hydrogen-bond acceptors (Lipinski definition) is 5. The second-order valence-electron chi connectivity index (χ2n) is 5.21. The van der Waals surface area contributed by atoms with E-state index in [0.717, 1.165) is 11.3 Å². The van der Waals surface area contributed by atoms with Crippen molar-refractivity contribution in [3.05, 3.63) is 71.0 Å². The third kappa shape index (κ3) is 3.63. The Kier molecular flexibility index (Phi) is 5.11. The lowest BCUT2D eigenvalue weighted by molar-refractivity contribution is -0.135. The number of carbonyl (C=O) groups is 1. The normalized spacial score (nSPS) is 11.0. The van der Waals surface area contributed by atoms with Crippen molar-refractivity contribution < 1.29 is 9.53 Å². The van der Waals surface area contributed by atoms with E-state index >= 15 is 0 Å². The van der Waals surface area contributed by atoms with Gasteiger partial charge in [-0.05, 0) is 36.4 Å². The smallest absolute Gasteiger partial charge is 0.348 e. The highest BCUT2D eigenvalue weighted by Gasteiger charge is 2.15. The minimum absolute atomic E-state index is 0.167. The number of para-hydroxylation sites is 1. The van der Waals surface area contributed by atoms with Gasteiger partial charge in [-0.3, -0.25) is 0 Å². The zero-order chi connectivity index (χ0) is 18.5. The highest BCUT2D eigenvalue weighted by molar-refractivity contribution is 6.30. The standard InChI is InChI=1S/C19H13ClN4O2/c1-26-19(25)14(12-21)11-17-22-18(13-7-9-15(20)10-8-13)23-24(17)16-5-3-2-4-6-16/h2-11H,1H3. The molecule has 26 heavy (non-hydrogen) atoms. The van der Waals surface area contributed by atoms with Crippen molar-refractivity contribution in [2.24, 2.45) is 0 Å². The molecule has 0 fully saturated rings. The van der Waals surface area contributed by atoms with Crippen LogP contribution in [0.15, 0.2) is 60.2 Å². The lowest BCUT2D eigenvalue weighted by atomic mass is 10.2. The van der Waals surface area contributed by atoms with Crippen LogP contribution in [-0.2, 0) is 9.53 Å². The van der Waals surface area contributed by atoms with E-state index in [2.05, 4.69) is 14.8 Å². The zero-order valence-electron chi connectivity index (χ0n) is 13.8. The minimum atomic E-state index is -0.733. The lowest BCUT2D eigenvalue weighted by Gasteiger charge is -2.03. The molecule has 0 spiro atoms. The maximum Gasteiger partial charge on any atom is 0.348 e. The molecular formula is C19H13ClN4O2. The Labute approximate surface area is 154 Å². The molecule has 3 rings (SSSR count). The molecule has 0 amide bonds. The summed E-state index contributed by atoms with van der Waals surface area (Å²) < 4.78 is 6.18. The van der Waals surface area contributed by atoms with Gasteiger partial charge in [-0.25, -0.2) is 14.5 Å². The summed E-state index contributed by atoms with van der Waals surface area (Å²) in [5.74, 6) is 0.0465. The van der Waals surface area contributed by atoms with Gasteiger partial charge in [0.1, 0.15) is 11.6 Å². The molecule has 0 unspecified atom stereocenters. The number of methoxy groups -OCH3 is 1. The van der Waals surface area contributed by atoms with Crippen LogP contribution in [-0.4, -0.2) is 27.8 Å². The quantitative estimate of drug-likeness (QED) is 0.401. The number of halogens is 1. The molecule has 1 aromatic heterocycles. The molecular weight excluding hydrogens is 352 g/mol. The van der Waals surface area contributed by atoms with E-state index in [0.29, 0.717) is 16.7 Å². The van der Waals surface area contributed by atoms with Gasteiger partial charge in [0.25, 0.3) is 0 Å². The molecule has 0 atom stereocenters. The first kappa shape index (κ1) is 17.4. The Morgan fingerprint density at radius 2 is 1.88 bits per heavy atom.